The van der Waals surface area contributed by atoms with E-state index in [0.29, 0.717) is 28.5 Å². The van der Waals surface area contributed by atoms with Crippen LogP contribution in [0.3, 0.4) is 0 Å². The maximum absolute atomic E-state index is 12.2. The van der Waals surface area contributed by atoms with E-state index in [-0.39, 0.29) is 30.3 Å². The molecule has 2 aromatic rings. The first-order valence-corrected chi connectivity index (χ1v) is 8.16. The molecule has 0 radical (unpaired) electrons. The number of amides is 1. The minimum Gasteiger partial charge on any atom is -0.483 e. The lowest BCUT2D eigenvalue weighted by Crippen LogP contribution is -2.31. The molecule has 1 aromatic heterocycles. The van der Waals surface area contributed by atoms with Gasteiger partial charge in [0, 0.05) is 11.4 Å². The summed E-state index contributed by atoms with van der Waals surface area (Å²) in [6, 6.07) is 6.64. The number of furan rings is 1. The molecule has 1 heterocycles. The van der Waals surface area contributed by atoms with Crippen molar-refractivity contribution in [2.24, 2.45) is 0 Å². The molecule has 0 fully saturated rings. The molecule has 2 atom stereocenters. The van der Waals surface area contributed by atoms with Gasteiger partial charge in [0.15, 0.2) is 12.4 Å². The Bertz CT molecular complexity index is 770. The van der Waals surface area contributed by atoms with Crippen LogP contribution >= 0.6 is 11.6 Å². The Morgan fingerprint density at radius 1 is 1.46 bits per heavy atom. The average molecular weight is 348 g/mol. The number of carbonyl (C=O) groups is 2. The van der Waals surface area contributed by atoms with Gasteiger partial charge in [-0.3, -0.25) is 9.59 Å². The van der Waals surface area contributed by atoms with Crippen LogP contribution in [0.25, 0.3) is 0 Å². The topological polar surface area (TPSA) is 68.5 Å². The Balaban J connectivity index is 1.67. The Hall–Kier alpha value is -2.27. The third kappa shape index (κ3) is 3.17. The third-order valence-corrected chi connectivity index (χ3v) is 4.45. The zero-order valence-corrected chi connectivity index (χ0v) is 14.2. The van der Waals surface area contributed by atoms with Crippen LogP contribution in [-0.4, -0.2) is 18.3 Å². The monoisotopic (exact) mass is 347 g/mol. The van der Waals surface area contributed by atoms with Gasteiger partial charge in [-0.2, -0.15) is 0 Å². The number of ketones is 1. The molecule has 0 saturated carbocycles. The zero-order chi connectivity index (χ0) is 17.3. The summed E-state index contributed by atoms with van der Waals surface area (Å²) in [5, 5.41) is 3.34. The Morgan fingerprint density at radius 3 is 2.96 bits per heavy atom. The van der Waals surface area contributed by atoms with Gasteiger partial charge in [-0.1, -0.05) is 18.5 Å². The fourth-order valence-electron chi connectivity index (χ4n) is 2.98. The van der Waals surface area contributed by atoms with Crippen molar-refractivity contribution in [2.75, 3.05) is 6.61 Å². The molecule has 0 saturated heterocycles. The van der Waals surface area contributed by atoms with Crippen LogP contribution in [0.2, 0.25) is 5.02 Å². The Labute approximate surface area is 144 Å². The predicted molar refractivity (Wildman–Crippen MR) is 89.6 cm³/mol. The minimum atomic E-state index is -0.291. The summed E-state index contributed by atoms with van der Waals surface area (Å²) >= 11 is 6.19. The van der Waals surface area contributed by atoms with Gasteiger partial charge in [0.05, 0.1) is 17.9 Å². The number of rotatable bonds is 5. The molecular formula is C18H18ClNO4. The van der Waals surface area contributed by atoms with Gasteiger partial charge in [0.25, 0.3) is 5.91 Å². The van der Waals surface area contributed by atoms with E-state index in [9.17, 15) is 9.59 Å². The maximum atomic E-state index is 12.2. The summed E-state index contributed by atoms with van der Waals surface area (Å²) < 4.78 is 10.8. The molecule has 3 rings (SSSR count). The number of hydrogen-bond donors (Lipinski definition) is 1. The van der Waals surface area contributed by atoms with Crippen LogP contribution in [0.1, 0.15) is 53.9 Å². The molecule has 0 bridgehead atoms. The van der Waals surface area contributed by atoms with E-state index in [1.807, 2.05) is 13.8 Å². The van der Waals surface area contributed by atoms with Crippen molar-refractivity contribution in [1.29, 1.82) is 0 Å². The first-order valence-electron chi connectivity index (χ1n) is 7.78. The lowest BCUT2D eigenvalue weighted by Gasteiger charge is -2.14. The molecule has 126 valence electrons. The molecule has 24 heavy (non-hydrogen) atoms. The maximum Gasteiger partial charge on any atom is 0.258 e. The summed E-state index contributed by atoms with van der Waals surface area (Å²) in [5.41, 5.74) is 1.31. The number of halogens is 1. The van der Waals surface area contributed by atoms with Gasteiger partial charge in [0.2, 0.25) is 0 Å². The quantitative estimate of drug-likeness (QED) is 0.891. The molecule has 1 aliphatic carbocycles. The molecule has 0 unspecified atom stereocenters. The summed E-state index contributed by atoms with van der Waals surface area (Å²) in [4.78, 5) is 24.2. The predicted octanol–water partition coefficient (Wildman–Crippen LogP) is 3.88. The molecule has 6 heteroatoms. The molecule has 1 amide bonds. The van der Waals surface area contributed by atoms with Crippen LogP contribution in [0, 0.1) is 0 Å². The molecule has 5 nitrogen and oxygen atoms in total. The number of Topliss-reactive ketones (excluding diaryl/α,β-unsaturated/α-hetero) is 1. The van der Waals surface area contributed by atoms with Crippen molar-refractivity contribution in [3.8, 4) is 5.75 Å². The lowest BCUT2D eigenvalue weighted by atomic mass is 10.0. The van der Waals surface area contributed by atoms with Crippen molar-refractivity contribution >= 4 is 23.3 Å². The van der Waals surface area contributed by atoms with Crippen molar-refractivity contribution in [3.63, 3.8) is 0 Å². The molecule has 0 spiro atoms. The number of ether oxygens (including phenoxy) is 1. The lowest BCUT2D eigenvalue weighted by molar-refractivity contribution is -0.123. The van der Waals surface area contributed by atoms with Gasteiger partial charge < -0.3 is 14.5 Å². The van der Waals surface area contributed by atoms with Crippen LogP contribution in [0.4, 0.5) is 0 Å². The highest BCUT2D eigenvalue weighted by Crippen LogP contribution is 2.42. The fraction of sp³-hybridized carbons (Fsp3) is 0.333. The molecule has 1 N–H and O–H groups in total. The number of carbonyl (C=O) groups excluding carboxylic acids is 2. The fourth-order valence-corrected chi connectivity index (χ4v) is 3.32. The van der Waals surface area contributed by atoms with E-state index in [1.165, 1.54) is 0 Å². The standard InChI is InChI=1S/C18H18ClNO4/c1-10-8-13(21)18-15(6-5-12(19)17(10)18)24-9-16(22)20-11(2)14-4-3-7-23-14/h3-7,10-11H,8-9H2,1-2H3,(H,20,22)/t10-,11+/m0/s1. The third-order valence-electron chi connectivity index (χ3n) is 4.12. The first kappa shape index (κ1) is 16.6. The van der Waals surface area contributed by atoms with Crippen molar-refractivity contribution in [3.05, 3.63) is 52.4 Å². The minimum absolute atomic E-state index is 0.000591. The highest BCUT2D eigenvalue weighted by molar-refractivity contribution is 6.32. The Kier molecular flexibility index (Phi) is 4.62. The second-order valence-electron chi connectivity index (χ2n) is 5.96. The smallest absolute Gasteiger partial charge is 0.258 e. The normalized spacial score (nSPS) is 17.5. The van der Waals surface area contributed by atoms with Gasteiger partial charge in [-0.05, 0) is 42.7 Å². The van der Waals surface area contributed by atoms with Crippen LogP contribution in [0.5, 0.6) is 5.75 Å². The molecular weight excluding hydrogens is 330 g/mol. The number of hydrogen-bond acceptors (Lipinski definition) is 4. The number of nitrogens with one attached hydrogen (secondary N) is 1. The SMILES string of the molecule is C[C@H]1CC(=O)c2c(OCC(=O)N[C@H](C)c3ccco3)ccc(Cl)c21. The molecule has 0 aliphatic heterocycles. The van der Waals surface area contributed by atoms with Gasteiger partial charge in [-0.15, -0.1) is 0 Å². The largest absolute Gasteiger partial charge is 0.483 e. The van der Waals surface area contributed by atoms with Crippen LogP contribution in [0.15, 0.2) is 34.9 Å². The van der Waals surface area contributed by atoms with Crippen molar-refractivity contribution < 1.29 is 18.7 Å². The van der Waals surface area contributed by atoms with E-state index < -0.39 is 0 Å². The van der Waals surface area contributed by atoms with Crippen molar-refractivity contribution in [2.45, 2.75) is 32.2 Å². The van der Waals surface area contributed by atoms with E-state index >= 15 is 0 Å². The first-order chi connectivity index (χ1) is 11.5. The summed E-state index contributed by atoms with van der Waals surface area (Å²) in [5.74, 6) is 0.848. The second kappa shape index (κ2) is 6.69. The Morgan fingerprint density at radius 2 is 2.25 bits per heavy atom. The van der Waals surface area contributed by atoms with Gasteiger partial charge in [-0.25, -0.2) is 0 Å². The van der Waals surface area contributed by atoms with Crippen LogP contribution < -0.4 is 10.1 Å². The average Bonchev–Trinajstić information content (AvgIpc) is 3.16. The second-order valence-corrected chi connectivity index (χ2v) is 6.36. The van der Waals surface area contributed by atoms with Crippen molar-refractivity contribution in [1.82, 2.24) is 5.32 Å². The number of benzene rings is 1. The highest BCUT2D eigenvalue weighted by atomic mass is 35.5. The van der Waals surface area contributed by atoms with E-state index in [1.54, 1.807) is 30.5 Å². The van der Waals surface area contributed by atoms with E-state index in [0.717, 1.165) is 5.56 Å². The molecule has 1 aromatic carbocycles. The van der Waals surface area contributed by atoms with E-state index in [4.69, 9.17) is 20.8 Å². The van der Waals surface area contributed by atoms with Gasteiger partial charge >= 0.3 is 0 Å². The van der Waals surface area contributed by atoms with E-state index in [2.05, 4.69) is 5.32 Å². The highest BCUT2D eigenvalue weighted by Gasteiger charge is 2.32. The van der Waals surface area contributed by atoms with Gasteiger partial charge in [0.1, 0.15) is 11.5 Å². The zero-order valence-electron chi connectivity index (χ0n) is 13.5. The molecule has 1 aliphatic rings. The summed E-state index contributed by atoms with van der Waals surface area (Å²) in [6.07, 6.45) is 1.97. The summed E-state index contributed by atoms with van der Waals surface area (Å²) in [6.45, 7) is 3.60. The summed E-state index contributed by atoms with van der Waals surface area (Å²) in [7, 11) is 0. The van der Waals surface area contributed by atoms with Crippen LogP contribution in [-0.2, 0) is 4.79 Å². The number of fused-ring (bicyclic) bond motifs is 1.